The van der Waals surface area contributed by atoms with Gasteiger partial charge in [-0.05, 0) is 35.4 Å². The van der Waals surface area contributed by atoms with E-state index in [1.165, 1.54) is 0 Å². The summed E-state index contributed by atoms with van der Waals surface area (Å²) in [6.45, 7) is 6.36. The van der Waals surface area contributed by atoms with Crippen molar-refractivity contribution in [1.29, 1.82) is 0 Å². The van der Waals surface area contributed by atoms with Gasteiger partial charge in [0.05, 0.1) is 43.5 Å². The predicted molar refractivity (Wildman–Crippen MR) is 137 cm³/mol. The number of hydrogen-bond acceptors (Lipinski definition) is 6. The van der Waals surface area contributed by atoms with Gasteiger partial charge in [-0.1, -0.05) is 42.6 Å². The molecule has 0 radical (unpaired) electrons. The summed E-state index contributed by atoms with van der Waals surface area (Å²) in [5.74, 6) is 2.12. The molecule has 176 valence electrons. The van der Waals surface area contributed by atoms with Crippen LogP contribution in [0, 0.1) is 0 Å². The van der Waals surface area contributed by atoms with E-state index in [0.29, 0.717) is 17.9 Å². The molecule has 0 spiro atoms. The molecule has 0 atom stereocenters. The molecule has 4 rings (SSSR count). The molecule has 0 unspecified atom stereocenters. The van der Waals surface area contributed by atoms with Gasteiger partial charge in [0.1, 0.15) is 5.75 Å². The van der Waals surface area contributed by atoms with Gasteiger partial charge < -0.3 is 28.7 Å². The van der Waals surface area contributed by atoms with Crippen molar-refractivity contribution in [2.75, 3.05) is 59.7 Å². The lowest BCUT2D eigenvalue weighted by atomic mass is 10.1. The zero-order valence-corrected chi connectivity index (χ0v) is 20.6. The van der Waals surface area contributed by atoms with Crippen LogP contribution in [-0.4, -0.2) is 79.5 Å². The first-order chi connectivity index (χ1) is 16.1. The van der Waals surface area contributed by atoms with Gasteiger partial charge in [-0.15, -0.1) is 0 Å². The zero-order chi connectivity index (χ0) is 23.0. The van der Waals surface area contributed by atoms with Crippen LogP contribution in [0.3, 0.4) is 0 Å². The number of benzene rings is 2. The second-order valence-electron chi connectivity index (χ2n) is 8.07. The normalized spacial score (nSPS) is 16.4. The van der Waals surface area contributed by atoms with Crippen molar-refractivity contribution < 1.29 is 18.9 Å². The molecule has 0 aromatic heterocycles. The Morgan fingerprint density at radius 1 is 0.758 bits per heavy atom. The van der Waals surface area contributed by atoms with Gasteiger partial charge in [-0.25, -0.2) is 0 Å². The Balaban J connectivity index is 1.39. The lowest BCUT2D eigenvalue weighted by Crippen LogP contribution is -2.40. The second kappa shape index (κ2) is 11.7. The number of nitrogens with zero attached hydrogens (tertiary/aromatic N) is 2. The summed E-state index contributed by atoms with van der Waals surface area (Å²) < 4.78 is 22.5. The maximum Gasteiger partial charge on any atom is 0.169 e. The molecule has 0 N–H and O–H groups in total. The molecule has 2 aromatic carbocycles. The summed E-state index contributed by atoms with van der Waals surface area (Å²) in [5.41, 5.74) is 2.25. The third-order valence-corrected chi connectivity index (χ3v) is 6.62. The molecule has 2 aromatic rings. The van der Waals surface area contributed by atoms with Crippen LogP contribution in [0.1, 0.15) is 11.1 Å². The van der Waals surface area contributed by atoms with Crippen molar-refractivity contribution in [3.05, 3.63) is 53.6 Å². The minimum Gasteiger partial charge on any atom is -0.493 e. The molecule has 8 heteroatoms. The number of hydrogen-bond donors (Lipinski definition) is 0. The molecule has 2 aliphatic heterocycles. The number of ether oxygens (including phenoxy) is 4. The van der Waals surface area contributed by atoms with Gasteiger partial charge >= 0.3 is 0 Å². The molecule has 0 bridgehead atoms. The van der Waals surface area contributed by atoms with Gasteiger partial charge in [0.25, 0.3) is 0 Å². The summed E-state index contributed by atoms with van der Waals surface area (Å²) >= 11 is 11.3. The van der Waals surface area contributed by atoms with Gasteiger partial charge in [0, 0.05) is 39.0 Å². The molecule has 2 heterocycles. The van der Waals surface area contributed by atoms with Crippen LogP contribution >= 0.6 is 24.4 Å². The fraction of sp³-hybridized carbons (Fsp3) is 0.440. The van der Waals surface area contributed by atoms with E-state index in [1.807, 2.05) is 30.3 Å². The van der Waals surface area contributed by atoms with Crippen molar-refractivity contribution >= 4 is 34.4 Å². The van der Waals surface area contributed by atoms with E-state index in [0.717, 1.165) is 85.9 Å². The maximum absolute atomic E-state index is 6.18. The minimum absolute atomic E-state index is 0.677. The van der Waals surface area contributed by atoms with Crippen LogP contribution in [-0.2, 0) is 22.3 Å². The highest BCUT2D eigenvalue weighted by molar-refractivity contribution is 7.80. The molecule has 0 saturated carbocycles. The fourth-order valence-corrected chi connectivity index (χ4v) is 4.61. The fourth-order valence-electron chi connectivity index (χ4n) is 3.91. The summed E-state index contributed by atoms with van der Waals surface area (Å²) in [6.07, 6.45) is 1.43. The van der Waals surface area contributed by atoms with E-state index in [1.54, 1.807) is 7.11 Å². The summed E-state index contributed by atoms with van der Waals surface area (Å²) in [4.78, 5) is 6.32. The Bertz CT molecular complexity index is 955. The third kappa shape index (κ3) is 6.63. The summed E-state index contributed by atoms with van der Waals surface area (Å²) in [5, 5.41) is 0. The molecular weight excluding hydrogens is 456 g/mol. The van der Waals surface area contributed by atoms with Crippen LogP contribution in [0.2, 0.25) is 0 Å². The Kier molecular flexibility index (Phi) is 8.50. The van der Waals surface area contributed by atoms with Gasteiger partial charge in [-0.3, -0.25) is 0 Å². The maximum atomic E-state index is 6.18. The largest absolute Gasteiger partial charge is 0.493 e. The first-order valence-corrected chi connectivity index (χ1v) is 12.1. The third-order valence-electron chi connectivity index (χ3n) is 5.82. The van der Waals surface area contributed by atoms with Crippen molar-refractivity contribution in [1.82, 2.24) is 9.80 Å². The van der Waals surface area contributed by atoms with Crippen molar-refractivity contribution in [2.24, 2.45) is 0 Å². The lowest BCUT2D eigenvalue weighted by Gasteiger charge is -2.29. The van der Waals surface area contributed by atoms with Gasteiger partial charge in [0.2, 0.25) is 0 Å². The molecule has 6 nitrogen and oxygen atoms in total. The highest BCUT2D eigenvalue weighted by atomic mass is 32.1. The lowest BCUT2D eigenvalue weighted by molar-refractivity contribution is 0.0684. The van der Waals surface area contributed by atoms with Crippen LogP contribution in [0.15, 0.2) is 42.5 Å². The quantitative estimate of drug-likeness (QED) is 0.546. The SMILES string of the molecule is COc1ccc(CC(=S)N2CCOCC2)cc1Oc1ccc(CC(=S)N2CCOCC2)cc1. The summed E-state index contributed by atoms with van der Waals surface area (Å²) in [6, 6.07) is 14.0. The van der Waals surface area contributed by atoms with Crippen molar-refractivity contribution in [3.8, 4) is 17.2 Å². The molecule has 33 heavy (non-hydrogen) atoms. The van der Waals surface area contributed by atoms with Crippen molar-refractivity contribution in [3.63, 3.8) is 0 Å². The van der Waals surface area contributed by atoms with Crippen LogP contribution in [0.4, 0.5) is 0 Å². The Labute approximate surface area is 206 Å². The standard InChI is InChI=1S/C25H30N2O4S2/c1-28-22-7-4-20(18-25(33)27-10-14-30-15-11-27)16-23(22)31-21-5-2-19(3-6-21)17-24(32)26-8-12-29-13-9-26/h2-7,16H,8-15,17-18H2,1H3. The van der Waals surface area contributed by atoms with E-state index < -0.39 is 0 Å². The first-order valence-electron chi connectivity index (χ1n) is 11.3. The Morgan fingerprint density at radius 2 is 1.27 bits per heavy atom. The highest BCUT2D eigenvalue weighted by Crippen LogP contribution is 2.33. The minimum atomic E-state index is 0.677. The average Bonchev–Trinajstić information content (AvgIpc) is 2.86. The molecular formula is C25H30N2O4S2. The van der Waals surface area contributed by atoms with E-state index in [4.69, 9.17) is 43.4 Å². The topological polar surface area (TPSA) is 43.4 Å². The van der Waals surface area contributed by atoms with Crippen LogP contribution in [0.5, 0.6) is 17.2 Å². The van der Waals surface area contributed by atoms with Crippen LogP contribution in [0.25, 0.3) is 0 Å². The van der Waals surface area contributed by atoms with Gasteiger partial charge in [-0.2, -0.15) is 0 Å². The smallest absolute Gasteiger partial charge is 0.169 e. The Hall–Kier alpha value is -2.26. The van der Waals surface area contributed by atoms with Gasteiger partial charge in [0.15, 0.2) is 11.5 Å². The monoisotopic (exact) mass is 486 g/mol. The summed E-state index contributed by atoms with van der Waals surface area (Å²) in [7, 11) is 1.65. The first kappa shape index (κ1) is 23.9. The number of methoxy groups -OCH3 is 1. The van der Waals surface area contributed by atoms with E-state index in [-0.39, 0.29) is 0 Å². The Morgan fingerprint density at radius 3 is 1.82 bits per heavy atom. The van der Waals surface area contributed by atoms with Crippen molar-refractivity contribution in [2.45, 2.75) is 12.8 Å². The molecule has 0 aliphatic carbocycles. The molecule has 2 saturated heterocycles. The number of rotatable bonds is 7. The van der Waals surface area contributed by atoms with E-state index >= 15 is 0 Å². The second-order valence-corrected chi connectivity index (χ2v) is 9.01. The molecule has 2 aliphatic rings. The van der Waals surface area contributed by atoms with E-state index in [2.05, 4.69) is 21.9 Å². The average molecular weight is 487 g/mol. The predicted octanol–water partition coefficient (Wildman–Crippen LogP) is 3.89. The zero-order valence-electron chi connectivity index (χ0n) is 19.0. The number of thiocarbonyl (C=S) groups is 2. The highest BCUT2D eigenvalue weighted by Gasteiger charge is 2.16. The van der Waals surface area contributed by atoms with Crippen LogP contribution < -0.4 is 9.47 Å². The molecule has 2 fully saturated rings. The number of morpholine rings is 2. The molecule has 0 amide bonds. The van der Waals surface area contributed by atoms with E-state index in [9.17, 15) is 0 Å².